The topological polar surface area (TPSA) is 56.3 Å². The smallest absolute Gasteiger partial charge is 0.123 e. The molecule has 1 atom stereocenters. The molecule has 1 spiro atoms. The fourth-order valence-electron chi connectivity index (χ4n) is 3.99. The first-order valence-corrected chi connectivity index (χ1v) is 9.00. The Bertz CT molecular complexity index is 706. The maximum absolute atomic E-state index is 13.0. The van der Waals surface area contributed by atoms with Crippen LogP contribution in [-0.4, -0.2) is 47.0 Å². The summed E-state index contributed by atoms with van der Waals surface area (Å²) in [6.45, 7) is 4.49. The molecule has 25 heavy (non-hydrogen) atoms. The quantitative estimate of drug-likeness (QED) is 0.925. The number of rotatable bonds is 4. The summed E-state index contributed by atoms with van der Waals surface area (Å²) in [5.74, 6) is -0.230. The molecule has 6 heteroatoms. The Morgan fingerprint density at radius 1 is 1.20 bits per heavy atom. The van der Waals surface area contributed by atoms with Crippen molar-refractivity contribution in [1.82, 2.24) is 14.7 Å². The van der Waals surface area contributed by atoms with E-state index in [1.165, 1.54) is 25.0 Å². The van der Waals surface area contributed by atoms with Crippen LogP contribution in [0.15, 0.2) is 36.5 Å². The summed E-state index contributed by atoms with van der Waals surface area (Å²) in [4.78, 5) is 2.46. The maximum atomic E-state index is 13.0. The zero-order valence-corrected chi connectivity index (χ0v) is 14.4. The lowest BCUT2D eigenvalue weighted by Crippen LogP contribution is -2.40. The summed E-state index contributed by atoms with van der Waals surface area (Å²) in [7, 11) is 0. The molecule has 4 rings (SSSR count). The summed E-state index contributed by atoms with van der Waals surface area (Å²) < 4.78 is 20.7. The Morgan fingerprint density at radius 2 is 1.96 bits per heavy atom. The number of hydrogen-bond acceptors (Lipinski definition) is 4. The number of aromatic nitrogens is 2. The second kappa shape index (κ2) is 6.86. The van der Waals surface area contributed by atoms with Crippen LogP contribution in [-0.2, 0) is 11.3 Å². The Labute approximate surface area is 147 Å². The van der Waals surface area contributed by atoms with Crippen LogP contribution in [0.3, 0.4) is 0 Å². The third kappa shape index (κ3) is 3.61. The molecule has 0 amide bonds. The summed E-state index contributed by atoms with van der Waals surface area (Å²) in [6, 6.07) is 8.43. The summed E-state index contributed by atoms with van der Waals surface area (Å²) >= 11 is 0. The lowest BCUT2D eigenvalue weighted by molar-refractivity contribution is 0.0644. The fraction of sp³-hybridized carbons (Fsp3) is 0.526. The van der Waals surface area contributed by atoms with Gasteiger partial charge in [0.05, 0.1) is 24.1 Å². The van der Waals surface area contributed by atoms with Crippen LogP contribution in [0.1, 0.15) is 25.0 Å². The van der Waals surface area contributed by atoms with Crippen molar-refractivity contribution in [2.75, 3.05) is 26.2 Å². The minimum atomic E-state index is -0.230. The fourth-order valence-corrected chi connectivity index (χ4v) is 3.99. The average molecular weight is 344 g/mol. The van der Waals surface area contributed by atoms with Gasteiger partial charge < -0.3 is 10.5 Å². The Morgan fingerprint density at radius 3 is 2.64 bits per heavy atom. The van der Waals surface area contributed by atoms with E-state index in [-0.39, 0.29) is 11.9 Å². The van der Waals surface area contributed by atoms with Crippen LogP contribution in [0.25, 0.3) is 5.69 Å². The first kappa shape index (κ1) is 16.7. The molecule has 2 N–H and O–H groups in total. The maximum Gasteiger partial charge on any atom is 0.123 e. The zero-order valence-electron chi connectivity index (χ0n) is 14.4. The van der Waals surface area contributed by atoms with Gasteiger partial charge in [0.15, 0.2) is 0 Å². The van der Waals surface area contributed by atoms with Crippen molar-refractivity contribution < 1.29 is 9.13 Å². The molecule has 1 aromatic carbocycles. The first-order chi connectivity index (χ1) is 12.2. The SMILES string of the molecule is NCC1CC2(CCN(Cc3ccn(-c4ccc(F)cc4)n3)CC2)CO1. The van der Waals surface area contributed by atoms with E-state index in [4.69, 9.17) is 10.5 Å². The molecule has 2 aliphatic heterocycles. The van der Waals surface area contributed by atoms with E-state index in [1.807, 2.05) is 12.3 Å². The minimum Gasteiger partial charge on any atom is -0.376 e. The number of nitrogens with two attached hydrogens (primary N) is 1. The van der Waals surface area contributed by atoms with Crippen molar-refractivity contribution in [1.29, 1.82) is 0 Å². The summed E-state index contributed by atoms with van der Waals surface area (Å²) in [5, 5.41) is 4.63. The van der Waals surface area contributed by atoms with Crippen molar-refractivity contribution in [3.05, 3.63) is 48.0 Å². The second-order valence-corrected chi connectivity index (χ2v) is 7.38. The monoisotopic (exact) mass is 344 g/mol. The first-order valence-electron chi connectivity index (χ1n) is 9.00. The number of ether oxygens (including phenoxy) is 1. The van der Waals surface area contributed by atoms with Gasteiger partial charge in [-0.2, -0.15) is 5.10 Å². The van der Waals surface area contributed by atoms with Gasteiger partial charge in [0.2, 0.25) is 0 Å². The minimum absolute atomic E-state index is 0.230. The third-order valence-corrected chi connectivity index (χ3v) is 5.59. The lowest BCUT2D eigenvalue weighted by Gasteiger charge is -2.38. The molecular formula is C19H25FN4O. The number of benzene rings is 1. The van der Waals surface area contributed by atoms with Crippen LogP contribution in [0.4, 0.5) is 4.39 Å². The van der Waals surface area contributed by atoms with Gasteiger partial charge in [0.25, 0.3) is 0 Å². The molecule has 1 unspecified atom stereocenters. The van der Waals surface area contributed by atoms with Crippen LogP contribution >= 0.6 is 0 Å². The van der Waals surface area contributed by atoms with Crippen molar-refractivity contribution >= 4 is 0 Å². The lowest BCUT2D eigenvalue weighted by atomic mass is 9.76. The number of piperidine rings is 1. The van der Waals surface area contributed by atoms with E-state index >= 15 is 0 Å². The Kier molecular flexibility index (Phi) is 4.58. The molecule has 0 radical (unpaired) electrons. The average Bonchev–Trinajstić information content (AvgIpc) is 3.25. The number of hydrogen-bond donors (Lipinski definition) is 1. The van der Waals surface area contributed by atoms with Crippen molar-refractivity contribution in [3.63, 3.8) is 0 Å². The number of halogens is 1. The van der Waals surface area contributed by atoms with Crippen molar-refractivity contribution in [2.24, 2.45) is 11.1 Å². The van der Waals surface area contributed by atoms with Crippen LogP contribution in [0.2, 0.25) is 0 Å². The van der Waals surface area contributed by atoms with Gasteiger partial charge >= 0.3 is 0 Å². The molecule has 1 aromatic heterocycles. The predicted octanol–water partition coefficient (Wildman–Crippen LogP) is 2.34. The zero-order chi connectivity index (χ0) is 17.3. The standard InChI is InChI=1S/C19H25FN4O/c20-15-1-3-17(4-2-15)24-8-5-16(22-24)13-23-9-6-19(7-10-23)11-18(12-21)25-14-19/h1-5,8,18H,6-7,9-14,21H2. The molecule has 2 aromatic rings. The van der Waals surface area contributed by atoms with Crippen LogP contribution in [0, 0.1) is 11.2 Å². The van der Waals surface area contributed by atoms with Gasteiger partial charge in [0.1, 0.15) is 5.82 Å². The predicted molar refractivity (Wildman–Crippen MR) is 93.9 cm³/mol. The van der Waals surface area contributed by atoms with Crippen LogP contribution < -0.4 is 5.73 Å². The molecule has 2 fully saturated rings. The highest BCUT2D eigenvalue weighted by Crippen LogP contribution is 2.41. The molecule has 0 aliphatic carbocycles. The molecular weight excluding hydrogens is 319 g/mol. The van der Waals surface area contributed by atoms with E-state index in [0.717, 1.165) is 44.0 Å². The van der Waals surface area contributed by atoms with Crippen molar-refractivity contribution in [2.45, 2.75) is 31.9 Å². The molecule has 2 aliphatic rings. The highest BCUT2D eigenvalue weighted by Gasteiger charge is 2.41. The van der Waals surface area contributed by atoms with Gasteiger partial charge in [-0.25, -0.2) is 9.07 Å². The molecule has 0 bridgehead atoms. The normalized spacial score (nSPS) is 23.4. The van der Waals surface area contributed by atoms with Gasteiger partial charge in [-0.1, -0.05) is 0 Å². The van der Waals surface area contributed by atoms with E-state index in [1.54, 1.807) is 16.8 Å². The van der Waals surface area contributed by atoms with Crippen LogP contribution in [0.5, 0.6) is 0 Å². The van der Waals surface area contributed by atoms with E-state index in [9.17, 15) is 4.39 Å². The molecule has 3 heterocycles. The molecule has 2 saturated heterocycles. The van der Waals surface area contributed by atoms with Crippen molar-refractivity contribution in [3.8, 4) is 5.69 Å². The van der Waals surface area contributed by atoms with Gasteiger partial charge in [-0.05, 0) is 68.1 Å². The molecule has 0 saturated carbocycles. The highest BCUT2D eigenvalue weighted by molar-refractivity contribution is 5.31. The van der Waals surface area contributed by atoms with Gasteiger partial charge in [-0.15, -0.1) is 0 Å². The summed E-state index contributed by atoms with van der Waals surface area (Å²) in [5.41, 5.74) is 8.01. The van der Waals surface area contributed by atoms with E-state index in [2.05, 4.69) is 10.00 Å². The molecule has 134 valence electrons. The Hall–Kier alpha value is -1.76. The van der Waals surface area contributed by atoms with Gasteiger partial charge in [-0.3, -0.25) is 4.90 Å². The second-order valence-electron chi connectivity index (χ2n) is 7.38. The van der Waals surface area contributed by atoms with E-state index < -0.39 is 0 Å². The molecule has 5 nitrogen and oxygen atoms in total. The third-order valence-electron chi connectivity index (χ3n) is 5.59. The largest absolute Gasteiger partial charge is 0.376 e. The Balaban J connectivity index is 1.34. The number of nitrogens with zero attached hydrogens (tertiary/aromatic N) is 3. The van der Waals surface area contributed by atoms with E-state index in [0.29, 0.717) is 12.0 Å². The highest BCUT2D eigenvalue weighted by atomic mass is 19.1. The summed E-state index contributed by atoms with van der Waals surface area (Å²) in [6.07, 6.45) is 5.63. The number of likely N-dealkylation sites (tertiary alicyclic amines) is 1. The van der Waals surface area contributed by atoms with Gasteiger partial charge in [0, 0.05) is 19.3 Å².